The number of aliphatic carboxylic acids is 1. The molecule has 1 aromatic rings. The first kappa shape index (κ1) is 13.9. The highest BCUT2D eigenvalue weighted by Gasteiger charge is 1.98. The molecule has 2 N–H and O–H groups in total. The Morgan fingerprint density at radius 3 is 3.00 bits per heavy atom. The molecule has 1 amide bonds. The summed E-state index contributed by atoms with van der Waals surface area (Å²) in [5.74, 6) is -1.30. The van der Waals surface area contributed by atoms with Crippen LogP contribution >= 0.6 is 0 Å². The summed E-state index contributed by atoms with van der Waals surface area (Å²) in [6, 6.07) is 0. The standard InChI is InChI=1S/C11H15N3O4/c1-14-7-9(6-13-14)2-3-10(15)12-4-5-18-8-11(16)17/h2-3,6-7H,4-5,8H2,1H3,(H,12,15)(H,16,17). The minimum absolute atomic E-state index is 0.165. The lowest BCUT2D eigenvalue weighted by atomic mass is 10.3. The number of amides is 1. The lowest BCUT2D eigenvalue weighted by molar-refractivity contribution is -0.142. The third-order valence-corrected chi connectivity index (χ3v) is 1.92. The molecule has 1 aromatic heterocycles. The quantitative estimate of drug-likeness (QED) is 0.512. The van der Waals surface area contributed by atoms with Gasteiger partial charge >= 0.3 is 5.97 Å². The van der Waals surface area contributed by atoms with E-state index in [-0.39, 0.29) is 25.7 Å². The SMILES string of the molecule is Cn1cc(C=CC(=O)NCCOCC(=O)O)cn1. The fourth-order valence-corrected chi connectivity index (χ4v) is 1.16. The topological polar surface area (TPSA) is 93.5 Å². The maximum absolute atomic E-state index is 11.3. The smallest absolute Gasteiger partial charge is 0.329 e. The minimum Gasteiger partial charge on any atom is -0.480 e. The molecule has 7 nitrogen and oxygen atoms in total. The number of carbonyl (C=O) groups is 2. The molecule has 0 saturated heterocycles. The second kappa shape index (κ2) is 7.23. The number of aryl methyl sites for hydroxylation is 1. The Bertz CT molecular complexity index is 439. The molecule has 0 aliphatic heterocycles. The van der Waals surface area contributed by atoms with Crippen LogP contribution in [0.3, 0.4) is 0 Å². The van der Waals surface area contributed by atoms with Crippen LogP contribution in [0.4, 0.5) is 0 Å². The highest BCUT2D eigenvalue weighted by molar-refractivity contribution is 5.91. The van der Waals surface area contributed by atoms with Gasteiger partial charge in [0.15, 0.2) is 0 Å². The summed E-state index contributed by atoms with van der Waals surface area (Å²) >= 11 is 0. The van der Waals surface area contributed by atoms with Crippen molar-refractivity contribution in [1.82, 2.24) is 15.1 Å². The average molecular weight is 253 g/mol. The Morgan fingerprint density at radius 1 is 1.61 bits per heavy atom. The Morgan fingerprint density at radius 2 is 2.39 bits per heavy atom. The van der Waals surface area contributed by atoms with Crippen LogP contribution in [-0.2, 0) is 21.4 Å². The summed E-state index contributed by atoms with van der Waals surface area (Å²) in [5.41, 5.74) is 0.828. The van der Waals surface area contributed by atoms with Crippen LogP contribution in [0.2, 0.25) is 0 Å². The maximum atomic E-state index is 11.3. The first-order valence-electron chi connectivity index (χ1n) is 5.32. The zero-order chi connectivity index (χ0) is 13.4. The molecular weight excluding hydrogens is 238 g/mol. The van der Waals surface area contributed by atoms with Gasteiger partial charge in [-0.1, -0.05) is 0 Å². The van der Waals surface area contributed by atoms with Crippen LogP contribution in [0, 0.1) is 0 Å². The number of nitrogens with zero attached hydrogens (tertiary/aromatic N) is 2. The molecular formula is C11H15N3O4. The number of hydrogen-bond acceptors (Lipinski definition) is 4. The molecule has 0 bridgehead atoms. The number of hydrogen-bond donors (Lipinski definition) is 2. The fourth-order valence-electron chi connectivity index (χ4n) is 1.16. The maximum Gasteiger partial charge on any atom is 0.329 e. The van der Waals surface area contributed by atoms with Gasteiger partial charge in [-0.05, 0) is 6.08 Å². The zero-order valence-electron chi connectivity index (χ0n) is 10.00. The van der Waals surface area contributed by atoms with Crippen molar-refractivity contribution in [1.29, 1.82) is 0 Å². The van der Waals surface area contributed by atoms with Crippen molar-refractivity contribution in [2.45, 2.75) is 0 Å². The van der Waals surface area contributed by atoms with Crippen LogP contribution < -0.4 is 5.32 Å². The molecule has 7 heteroatoms. The van der Waals surface area contributed by atoms with Crippen molar-refractivity contribution in [2.24, 2.45) is 7.05 Å². The van der Waals surface area contributed by atoms with E-state index >= 15 is 0 Å². The second-order valence-electron chi connectivity index (χ2n) is 3.52. The minimum atomic E-state index is -1.03. The Kier molecular flexibility index (Phi) is 5.59. The summed E-state index contributed by atoms with van der Waals surface area (Å²) in [6.45, 7) is 0.0731. The van der Waals surface area contributed by atoms with Crippen molar-refractivity contribution in [2.75, 3.05) is 19.8 Å². The largest absolute Gasteiger partial charge is 0.480 e. The molecule has 0 saturated carbocycles. The van der Waals surface area contributed by atoms with Gasteiger partial charge in [0.05, 0.1) is 12.8 Å². The molecule has 0 atom stereocenters. The van der Waals surface area contributed by atoms with Gasteiger partial charge < -0.3 is 15.2 Å². The van der Waals surface area contributed by atoms with E-state index in [2.05, 4.69) is 10.4 Å². The normalized spacial score (nSPS) is 10.7. The van der Waals surface area contributed by atoms with Gasteiger partial charge in [0.25, 0.3) is 0 Å². The number of carbonyl (C=O) groups excluding carboxylic acids is 1. The average Bonchev–Trinajstić information content (AvgIpc) is 2.71. The van der Waals surface area contributed by atoms with E-state index in [9.17, 15) is 9.59 Å². The molecule has 1 rings (SSSR count). The van der Waals surface area contributed by atoms with Gasteiger partial charge in [-0.25, -0.2) is 4.79 Å². The Labute approximate surface area is 104 Å². The lowest BCUT2D eigenvalue weighted by Crippen LogP contribution is -2.26. The predicted molar refractivity (Wildman–Crippen MR) is 63.7 cm³/mol. The Hall–Kier alpha value is -2.15. The van der Waals surface area contributed by atoms with Gasteiger partial charge in [0, 0.05) is 31.4 Å². The van der Waals surface area contributed by atoms with Gasteiger partial charge in [-0.2, -0.15) is 5.10 Å². The summed E-state index contributed by atoms with van der Waals surface area (Å²) in [4.78, 5) is 21.4. The number of carboxylic acids is 1. The van der Waals surface area contributed by atoms with E-state index < -0.39 is 5.97 Å². The van der Waals surface area contributed by atoms with Crippen molar-refractivity contribution < 1.29 is 19.4 Å². The fraction of sp³-hybridized carbons (Fsp3) is 0.364. The molecule has 98 valence electrons. The number of ether oxygens (including phenoxy) is 1. The summed E-state index contributed by atoms with van der Waals surface area (Å²) in [6.07, 6.45) is 6.44. The second-order valence-corrected chi connectivity index (χ2v) is 3.52. The van der Waals surface area contributed by atoms with E-state index in [0.717, 1.165) is 5.56 Å². The molecule has 0 aliphatic carbocycles. The number of nitrogens with one attached hydrogen (secondary N) is 1. The van der Waals surface area contributed by atoms with Gasteiger partial charge in [0.2, 0.25) is 5.91 Å². The van der Waals surface area contributed by atoms with Gasteiger partial charge in [-0.3, -0.25) is 9.48 Å². The van der Waals surface area contributed by atoms with Crippen LogP contribution in [-0.4, -0.2) is 46.5 Å². The summed E-state index contributed by atoms with van der Waals surface area (Å²) < 4.78 is 6.40. The van der Waals surface area contributed by atoms with Gasteiger partial charge in [0.1, 0.15) is 6.61 Å². The highest BCUT2D eigenvalue weighted by atomic mass is 16.5. The van der Waals surface area contributed by atoms with E-state index in [1.807, 2.05) is 0 Å². The summed E-state index contributed by atoms with van der Waals surface area (Å²) in [5, 5.41) is 14.8. The van der Waals surface area contributed by atoms with Crippen LogP contribution in [0.15, 0.2) is 18.5 Å². The molecule has 0 fully saturated rings. The van der Waals surface area contributed by atoms with E-state index in [4.69, 9.17) is 9.84 Å². The molecule has 1 heterocycles. The molecule has 0 aliphatic rings. The predicted octanol–water partition coefficient (Wildman–Crippen LogP) is -0.349. The third kappa shape index (κ3) is 5.80. The third-order valence-electron chi connectivity index (χ3n) is 1.92. The zero-order valence-corrected chi connectivity index (χ0v) is 10.00. The Balaban J connectivity index is 2.17. The van der Waals surface area contributed by atoms with E-state index in [0.29, 0.717) is 0 Å². The van der Waals surface area contributed by atoms with Crippen molar-refractivity contribution in [3.05, 3.63) is 24.0 Å². The van der Waals surface area contributed by atoms with E-state index in [1.165, 1.54) is 6.08 Å². The molecule has 18 heavy (non-hydrogen) atoms. The van der Waals surface area contributed by atoms with Gasteiger partial charge in [-0.15, -0.1) is 0 Å². The monoisotopic (exact) mass is 253 g/mol. The molecule has 0 radical (unpaired) electrons. The first-order chi connectivity index (χ1) is 8.58. The van der Waals surface area contributed by atoms with Crippen molar-refractivity contribution >= 4 is 18.0 Å². The lowest BCUT2D eigenvalue weighted by Gasteiger charge is -2.01. The van der Waals surface area contributed by atoms with Crippen molar-refractivity contribution in [3.8, 4) is 0 Å². The van der Waals surface area contributed by atoms with Crippen LogP contribution in [0.5, 0.6) is 0 Å². The van der Waals surface area contributed by atoms with Crippen LogP contribution in [0.25, 0.3) is 6.08 Å². The number of rotatable bonds is 7. The molecule has 0 aromatic carbocycles. The van der Waals surface area contributed by atoms with Crippen LogP contribution in [0.1, 0.15) is 5.56 Å². The molecule has 0 unspecified atom stereocenters. The summed E-state index contributed by atoms with van der Waals surface area (Å²) in [7, 11) is 1.79. The number of carboxylic acid groups (broad SMARTS) is 1. The first-order valence-corrected chi connectivity index (χ1v) is 5.32. The van der Waals surface area contributed by atoms with E-state index in [1.54, 1.807) is 30.2 Å². The highest BCUT2D eigenvalue weighted by Crippen LogP contribution is 1.98. The number of aromatic nitrogens is 2. The molecule has 0 spiro atoms. The van der Waals surface area contributed by atoms with Crippen molar-refractivity contribution in [3.63, 3.8) is 0 Å².